The standard InChI is InChI=1S/C16H29BrN2S/c1-4-7-11-19(12-8-5-2)16(13(18)6-3)14-9-10-15(17)20-14/h9-10,13,16H,4-8,11-12,18H2,1-3H3. The molecule has 1 heterocycles. The lowest BCUT2D eigenvalue weighted by molar-refractivity contribution is 0.167. The van der Waals surface area contributed by atoms with Crippen molar-refractivity contribution in [3.8, 4) is 0 Å². The van der Waals surface area contributed by atoms with Crippen LogP contribution in [0.1, 0.15) is 63.8 Å². The van der Waals surface area contributed by atoms with Crippen molar-refractivity contribution in [2.24, 2.45) is 5.73 Å². The van der Waals surface area contributed by atoms with E-state index < -0.39 is 0 Å². The van der Waals surface area contributed by atoms with Gasteiger partial charge in [0.1, 0.15) is 0 Å². The Morgan fingerprint density at radius 1 is 1.15 bits per heavy atom. The van der Waals surface area contributed by atoms with Gasteiger partial charge in [0.15, 0.2) is 0 Å². The summed E-state index contributed by atoms with van der Waals surface area (Å²) in [5.41, 5.74) is 6.45. The van der Waals surface area contributed by atoms with Crippen LogP contribution in [0.4, 0.5) is 0 Å². The molecule has 0 bridgehead atoms. The molecule has 2 N–H and O–H groups in total. The van der Waals surface area contributed by atoms with E-state index in [2.05, 4.69) is 53.7 Å². The summed E-state index contributed by atoms with van der Waals surface area (Å²) in [5.74, 6) is 0. The summed E-state index contributed by atoms with van der Waals surface area (Å²) in [6, 6.07) is 4.97. The zero-order chi connectivity index (χ0) is 15.0. The van der Waals surface area contributed by atoms with Crippen LogP contribution in [-0.4, -0.2) is 24.0 Å². The molecular formula is C16H29BrN2S. The van der Waals surface area contributed by atoms with E-state index in [4.69, 9.17) is 5.73 Å². The van der Waals surface area contributed by atoms with E-state index >= 15 is 0 Å². The molecule has 1 aromatic heterocycles. The molecule has 2 nitrogen and oxygen atoms in total. The van der Waals surface area contributed by atoms with Crippen LogP contribution in [0, 0.1) is 0 Å². The zero-order valence-corrected chi connectivity index (χ0v) is 15.5. The van der Waals surface area contributed by atoms with Crippen molar-refractivity contribution in [1.82, 2.24) is 4.90 Å². The second kappa shape index (κ2) is 9.93. The van der Waals surface area contributed by atoms with Gasteiger partial charge in [0, 0.05) is 10.9 Å². The summed E-state index contributed by atoms with van der Waals surface area (Å²) in [6.45, 7) is 9.02. The molecule has 0 radical (unpaired) electrons. The fourth-order valence-electron chi connectivity index (χ4n) is 2.48. The molecule has 2 atom stereocenters. The predicted molar refractivity (Wildman–Crippen MR) is 94.4 cm³/mol. The van der Waals surface area contributed by atoms with Gasteiger partial charge in [-0.1, -0.05) is 33.6 Å². The fourth-order valence-corrected chi connectivity index (χ4v) is 4.12. The highest BCUT2D eigenvalue weighted by atomic mass is 79.9. The highest BCUT2D eigenvalue weighted by molar-refractivity contribution is 9.11. The Morgan fingerprint density at radius 3 is 2.15 bits per heavy atom. The average molecular weight is 361 g/mol. The molecule has 1 rings (SSSR count). The molecule has 0 aliphatic rings. The highest BCUT2D eigenvalue weighted by Crippen LogP contribution is 2.33. The smallest absolute Gasteiger partial charge is 0.0702 e. The lowest BCUT2D eigenvalue weighted by Gasteiger charge is -2.35. The van der Waals surface area contributed by atoms with Crippen LogP contribution < -0.4 is 5.73 Å². The number of nitrogens with zero attached hydrogens (tertiary/aromatic N) is 1. The van der Waals surface area contributed by atoms with E-state index in [1.165, 1.54) is 34.3 Å². The lowest BCUT2D eigenvalue weighted by Crippen LogP contribution is -2.41. The van der Waals surface area contributed by atoms with Gasteiger partial charge < -0.3 is 5.73 Å². The molecule has 0 fully saturated rings. The minimum atomic E-state index is 0.217. The maximum absolute atomic E-state index is 6.45. The summed E-state index contributed by atoms with van der Waals surface area (Å²) in [4.78, 5) is 4.01. The van der Waals surface area contributed by atoms with Gasteiger partial charge in [-0.25, -0.2) is 0 Å². The predicted octanol–water partition coefficient (Wildman–Crippen LogP) is 5.19. The largest absolute Gasteiger partial charge is 0.326 e. The van der Waals surface area contributed by atoms with Crippen molar-refractivity contribution >= 4 is 27.3 Å². The fraction of sp³-hybridized carbons (Fsp3) is 0.750. The number of hydrogen-bond donors (Lipinski definition) is 1. The Kier molecular flexibility index (Phi) is 9.01. The van der Waals surface area contributed by atoms with Gasteiger partial charge in [-0.15, -0.1) is 11.3 Å². The molecule has 0 spiro atoms. The van der Waals surface area contributed by atoms with Gasteiger partial charge in [-0.2, -0.15) is 0 Å². The van der Waals surface area contributed by atoms with Crippen LogP contribution in [0.15, 0.2) is 15.9 Å². The Morgan fingerprint density at radius 2 is 1.75 bits per heavy atom. The normalized spacial score (nSPS) is 14.7. The number of rotatable bonds is 10. The van der Waals surface area contributed by atoms with E-state index in [0.717, 1.165) is 19.5 Å². The quantitative estimate of drug-likeness (QED) is 0.621. The Labute approximate surface area is 136 Å². The van der Waals surface area contributed by atoms with Crippen LogP contribution >= 0.6 is 27.3 Å². The monoisotopic (exact) mass is 360 g/mol. The Balaban J connectivity index is 2.90. The molecule has 116 valence electrons. The maximum atomic E-state index is 6.45. The first-order valence-corrected chi connectivity index (χ1v) is 9.49. The summed E-state index contributed by atoms with van der Waals surface area (Å²) in [5, 5.41) is 0. The van der Waals surface area contributed by atoms with Crippen LogP contribution in [0.3, 0.4) is 0 Å². The number of nitrogens with two attached hydrogens (primary N) is 1. The molecular weight excluding hydrogens is 332 g/mol. The molecule has 4 heteroatoms. The molecule has 0 amide bonds. The van der Waals surface area contributed by atoms with Crippen molar-refractivity contribution in [1.29, 1.82) is 0 Å². The first kappa shape index (κ1) is 18.1. The van der Waals surface area contributed by atoms with Crippen molar-refractivity contribution in [2.75, 3.05) is 13.1 Å². The second-order valence-corrected chi connectivity index (χ2v) is 7.90. The Hall–Kier alpha value is 0.1000. The minimum absolute atomic E-state index is 0.217. The summed E-state index contributed by atoms with van der Waals surface area (Å²) < 4.78 is 1.20. The van der Waals surface area contributed by atoms with E-state index in [-0.39, 0.29) is 6.04 Å². The second-order valence-electron chi connectivity index (χ2n) is 5.40. The summed E-state index contributed by atoms with van der Waals surface area (Å²) in [6.07, 6.45) is 6.01. The summed E-state index contributed by atoms with van der Waals surface area (Å²) in [7, 11) is 0. The van der Waals surface area contributed by atoms with Crippen LogP contribution in [0.2, 0.25) is 0 Å². The first-order valence-electron chi connectivity index (χ1n) is 7.88. The van der Waals surface area contributed by atoms with Crippen molar-refractivity contribution < 1.29 is 0 Å². The maximum Gasteiger partial charge on any atom is 0.0702 e. The lowest BCUT2D eigenvalue weighted by atomic mass is 10.0. The average Bonchev–Trinajstić information content (AvgIpc) is 2.87. The molecule has 0 saturated carbocycles. The third-order valence-electron chi connectivity index (χ3n) is 3.75. The SMILES string of the molecule is CCCCN(CCCC)C(c1ccc(Br)s1)C(N)CC. The van der Waals surface area contributed by atoms with Crippen molar-refractivity contribution in [3.05, 3.63) is 20.8 Å². The van der Waals surface area contributed by atoms with E-state index in [1.54, 1.807) is 0 Å². The van der Waals surface area contributed by atoms with Gasteiger partial charge in [0.05, 0.1) is 9.83 Å². The van der Waals surface area contributed by atoms with Crippen molar-refractivity contribution in [3.63, 3.8) is 0 Å². The molecule has 20 heavy (non-hydrogen) atoms. The molecule has 0 saturated heterocycles. The molecule has 2 unspecified atom stereocenters. The number of hydrogen-bond acceptors (Lipinski definition) is 3. The van der Waals surface area contributed by atoms with E-state index in [0.29, 0.717) is 6.04 Å². The number of halogens is 1. The molecule has 0 aliphatic heterocycles. The van der Waals surface area contributed by atoms with Gasteiger partial charge in [0.2, 0.25) is 0 Å². The zero-order valence-electron chi connectivity index (χ0n) is 13.1. The van der Waals surface area contributed by atoms with Crippen LogP contribution in [-0.2, 0) is 0 Å². The van der Waals surface area contributed by atoms with Crippen molar-refractivity contribution in [2.45, 2.75) is 65.0 Å². The Bertz CT molecular complexity index is 359. The van der Waals surface area contributed by atoms with Gasteiger partial charge in [-0.05, 0) is 60.4 Å². The summed E-state index contributed by atoms with van der Waals surface area (Å²) >= 11 is 5.41. The topological polar surface area (TPSA) is 29.3 Å². The number of thiophene rings is 1. The molecule has 0 aliphatic carbocycles. The highest BCUT2D eigenvalue weighted by Gasteiger charge is 2.26. The van der Waals surface area contributed by atoms with Gasteiger partial charge in [-0.3, -0.25) is 4.90 Å². The van der Waals surface area contributed by atoms with Crippen LogP contribution in [0.25, 0.3) is 0 Å². The number of unbranched alkanes of at least 4 members (excludes halogenated alkanes) is 2. The van der Waals surface area contributed by atoms with E-state index in [1.807, 2.05) is 11.3 Å². The van der Waals surface area contributed by atoms with E-state index in [9.17, 15) is 0 Å². The van der Waals surface area contributed by atoms with Gasteiger partial charge in [0.25, 0.3) is 0 Å². The molecule has 1 aromatic rings. The third-order valence-corrected chi connectivity index (χ3v) is 5.45. The van der Waals surface area contributed by atoms with Crippen LogP contribution in [0.5, 0.6) is 0 Å². The first-order chi connectivity index (χ1) is 9.63. The van der Waals surface area contributed by atoms with Gasteiger partial charge >= 0.3 is 0 Å². The minimum Gasteiger partial charge on any atom is -0.326 e. The molecule has 0 aromatic carbocycles. The third kappa shape index (κ3) is 5.47.